The average Bonchev–Trinajstić information content (AvgIpc) is 3.40. The first-order chi connectivity index (χ1) is 13.4. The number of fused-ring (bicyclic) bond motifs is 5. The molecule has 3 fully saturated rings. The Hall–Kier alpha value is -2.25. The van der Waals surface area contributed by atoms with Crippen molar-refractivity contribution in [3.63, 3.8) is 0 Å². The van der Waals surface area contributed by atoms with Crippen LogP contribution in [0, 0.1) is 24.7 Å². The van der Waals surface area contributed by atoms with E-state index in [4.69, 9.17) is 18.7 Å². The van der Waals surface area contributed by atoms with Crippen molar-refractivity contribution in [1.82, 2.24) is 10.1 Å². The molecule has 2 saturated carbocycles. The highest BCUT2D eigenvalue weighted by Crippen LogP contribution is 2.55. The number of nitrogens with zero attached hydrogens (tertiary/aromatic N) is 2. The van der Waals surface area contributed by atoms with Crippen molar-refractivity contribution < 1.29 is 23.5 Å². The Balaban J connectivity index is 1.20. The summed E-state index contributed by atoms with van der Waals surface area (Å²) in [5, 5.41) is 3.98. The first-order valence-electron chi connectivity index (χ1n) is 9.81. The normalized spacial score (nSPS) is 32.5. The van der Waals surface area contributed by atoms with Gasteiger partial charge in [-0.05, 0) is 39.5 Å². The van der Waals surface area contributed by atoms with Gasteiger partial charge >= 0.3 is 5.97 Å². The van der Waals surface area contributed by atoms with Crippen LogP contribution in [0.3, 0.4) is 0 Å². The van der Waals surface area contributed by atoms with Crippen molar-refractivity contribution in [3.8, 4) is 11.4 Å². The minimum atomic E-state index is -0.568. The van der Waals surface area contributed by atoms with E-state index in [-0.39, 0.29) is 36.6 Å². The van der Waals surface area contributed by atoms with Crippen LogP contribution >= 0.6 is 0 Å². The summed E-state index contributed by atoms with van der Waals surface area (Å²) >= 11 is 0. The Morgan fingerprint density at radius 2 is 1.93 bits per heavy atom. The van der Waals surface area contributed by atoms with Crippen LogP contribution in [0.2, 0.25) is 0 Å². The molecule has 7 heteroatoms. The maximum Gasteiger partial charge on any atom is 0.309 e. The van der Waals surface area contributed by atoms with Gasteiger partial charge in [-0.2, -0.15) is 4.98 Å². The van der Waals surface area contributed by atoms with Gasteiger partial charge in [-0.3, -0.25) is 4.79 Å². The number of rotatable bonds is 4. The largest absolute Gasteiger partial charge is 0.455 e. The highest BCUT2D eigenvalue weighted by atomic mass is 16.8. The van der Waals surface area contributed by atoms with Gasteiger partial charge < -0.3 is 18.7 Å². The SMILES string of the molecule is Cc1ccc(-c2noc(COC(=O)C3CC4CC3C3OC(C)(C)OC43)n2)cc1. The smallest absolute Gasteiger partial charge is 0.309 e. The molecule has 7 nitrogen and oxygen atoms in total. The van der Waals surface area contributed by atoms with E-state index in [0.29, 0.717) is 17.6 Å². The zero-order valence-electron chi connectivity index (χ0n) is 16.3. The molecule has 1 saturated heterocycles. The minimum Gasteiger partial charge on any atom is -0.455 e. The van der Waals surface area contributed by atoms with Crippen LogP contribution in [0.5, 0.6) is 0 Å². The third-order valence-corrected chi connectivity index (χ3v) is 6.12. The number of aromatic nitrogens is 2. The van der Waals surface area contributed by atoms with Crippen LogP contribution in [0.4, 0.5) is 0 Å². The van der Waals surface area contributed by atoms with E-state index in [1.165, 1.54) is 0 Å². The predicted molar refractivity (Wildman–Crippen MR) is 97.8 cm³/mol. The molecular weight excluding hydrogens is 360 g/mol. The summed E-state index contributed by atoms with van der Waals surface area (Å²) < 4.78 is 22.8. The molecule has 2 bridgehead atoms. The molecule has 0 amide bonds. The van der Waals surface area contributed by atoms with Gasteiger partial charge in [0.05, 0.1) is 18.1 Å². The van der Waals surface area contributed by atoms with Crippen LogP contribution < -0.4 is 0 Å². The molecule has 0 N–H and O–H groups in total. The van der Waals surface area contributed by atoms with Crippen LogP contribution in [0.25, 0.3) is 11.4 Å². The van der Waals surface area contributed by atoms with Crippen LogP contribution in [0.1, 0.15) is 38.1 Å². The van der Waals surface area contributed by atoms with Crippen LogP contribution in [0.15, 0.2) is 28.8 Å². The Labute approximate surface area is 163 Å². The average molecular weight is 384 g/mol. The van der Waals surface area contributed by atoms with Gasteiger partial charge in [-0.25, -0.2) is 0 Å². The molecule has 3 aliphatic rings. The molecule has 28 heavy (non-hydrogen) atoms. The summed E-state index contributed by atoms with van der Waals surface area (Å²) in [7, 11) is 0. The molecule has 5 rings (SSSR count). The van der Waals surface area contributed by atoms with Crippen molar-refractivity contribution in [1.29, 1.82) is 0 Å². The molecule has 0 spiro atoms. The fourth-order valence-corrected chi connectivity index (χ4v) is 4.90. The van der Waals surface area contributed by atoms with Crippen LogP contribution in [-0.2, 0) is 25.6 Å². The van der Waals surface area contributed by atoms with Crippen molar-refractivity contribution in [2.24, 2.45) is 17.8 Å². The number of carbonyl (C=O) groups is 1. The zero-order valence-corrected chi connectivity index (χ0v) is 16.3. The van der Waals surface area contributed by atoms with E-state index in [9.17, 15) is 4.79 Å². The predicted octanol–water partition coefficient (Wildman–Crippen LogP) is 3.26. The molecule has 1 aromatic heterocycles. The molecule has 0 radical (unpaired) electrons. The summed E-state index contributed by atoms with van der Waals surface area (Å²) in [6, 6.07) is 7.85. The number of hydrogen-bond donors (Lipinski definition) is 0. The Morgan fingerprint density at radius 1 is 1.18 bits per heavy atom. The van der Waals surface area contributed by atoms with Crippen LogP contribution in [-0.4, -0.2) is 34.1 Å². The lowest BCUT2D eigenvalue weighted by Gasteiger charge is -2.27. The van der Waals surface area contributed by atoms with Gasteiger partial charge in [0.25, 0.3) is 5.89 Å². The monoisotopic (exact) mass is 384 g/mol. The van der Waals surface area contributed by atoms with Crippen molar-refractivity contribution in [3.05, 3.63) is 35.7 Å². The minimum absolute atomic E-state index is 0.0113. The fraction of sp³-hybridized carbons (Fsp3) is 0.571. The first-order valence-corrected chi connectivity index (χ1v) is 9.81. The quantitative estimate of drug-likeness (QED) is 0.748. The number of esters is 1. The second-order valence-electron chi connectivity index (χ2n) is 8.55. The third kappa shape index (κ3) is 3.02. The molecule has 1 aromatic carbocycles. The topological polar surface area (TPSA) is 83.7 Å². The van der Waals surface area contributed by atoms with Crippen molar-refractivity contribution >= 4 is 5.97 Å². The Morgan fingerprint density at radius 3 is 2.71 bits per heavy atom. The van der Waals surface area contributed by atoms with Crippen molar-refractivity contribution in [2.75, 3.05) is 0 Å². The number of benzene rings is 1. The van der Waals surface area contributed by atoms with Gasteiger partial charge in [0.2, 0.25) is 5.82 Å². The molecular formula is C21H24N2O5. The van der Waals surface area contributed by atoms with Gasteiger partial charge in [0, 0.05) is 11.5 Å². The molecule has 2 heterocycles. The lowest BCUT2D eigenvalue weighted by atomic mass is 9.85. The summed E-state index contributed by atoms with van der Waals surface area (Å²) in [6.07, 6.45) is 1.85. The van der Waals surface area contributed by atoms with Gasteiger partial charge in [-0.1, -0.05) is 35.0 Å². The number of carbonyl (C=O) groups excluding carboxylic acids is 1. The second-order valence-corrected chi connectivity index (χ2v) is 8.55. The van der Waals surface area contributed by atoms with E-state index >= 15 is 0 Å². The standard InChI is InChI=1S/C21H24N2O5/c1-11-4-6-12(7-5-11)19-22-16(28-23-19)10-25-20(24)15-9-13-8-14(15)18-17(13)26-21(2,3)27-18/h4-7,13-15,17-18H,8-10H2,1-3H3. The molecule has 2 aromatic rings. The summed E-state index contributed by atoms with van der Waals surface area (Å²) in [6.45, 7) is 5.87. The lowest BCUT2D eigenvalue weighted by Crippen LogP contribution is -2.38. The molecule has 148 valence electrons. The Bertz CT molecular complexity index is 890. The fourth-order valence-electron chi connectivity index (χ4n) is 4.90. The molecule has 5 unspecified atom stereocenters. The second kappa shape index (κ2) is 6.39. The first kappa shape index (κ1) is 17.8. The highest BCUT2D eigenvalue weighted by Gasteiger charge is 2.61. The van der Waals surface area contributed by atoms with E-state index < -0.39 is 5.79 Å². The lowest BCUT2D eigenvalue weighted by molar-refractivity contribution is -0.162. The number of ether oxygens (including phenoxy) is 3. The van der Waals surface area contributed by atoms with Gasteiger partial charge in [0.1, 0.15) is 0 Å². The maximum absolute atomic E-state index is 12.7. The van der Waals surface area contributed by atoms with Gasteiger partial charge in [-0.15, -0.1) is 0 Å². The Kier molecular flexibility index (Phi) is 4.07. The van der Waals surface area contributed by atoms with E-state index in [1.54, 1.807) is 0 Å². The zero-order chi connectivity index (χ0) is 19.5. The summed E-state index contributed by atoms with van der Waals surface area (Å²) in [5.74, 6) is 0.388. The molecule has 2 aliphatic carbocycles. The van der Waals surface area contributed by atoms with Crippen molar-refractivity contribution in [2.45, 2.75) is 58.2 Å². The molecule has 5 atom stereocenters. The van der Waals surface area contributed by atoms with Gasteiger partial charge in [0.15, 0.2) is 12.4 Å². The number of aryl methyl sites for hydroxylation is 1. The number of hydrogen-bond acceptors (Lipinski definition) is 7. The summed E-state index contributed by atoms with van der Waals surface area (Å²) in [4.78, 5) is 17.0. The molecule has 1 aliphatic heterocycles. The van der Waals surface area contributed by atoms with E-state index in [0.717, 1.165) is 24.0 Å². The van der Waals surface area contributed by atoms with E-state index in [1.807, 2.05) is 45.0 Å². The highest BCUT2D eigenvalue weighted by molar-refractivity contribution is 5.73. The summed E-state index contributed by atoms with van der Waals surface area (Å²) in [5.41, 5.74) is 2.03. The third-order valence-electron chi connectivity index (χ3n) is 6.12. The van der Waals surface area contributed by atoms with E-state index in [2.05, 4.69) is 10.1 Å². The maximum atomic E-state index is 12.7.